The summed E-state index contributed by atoms with van der Waals surface area (Å²) in [6, 6.07) is 18.7. The highest BCUT2D eigenvalue weighted by molar-refractivity contribution is 5.32. The van der Waals surface area contributed by atoms with Gasteiger partial charge in [0.05, 0.1) is 12.7 Å². The maximum absolute atomic E-state index is 9.79. The fourth-order valence-corrected chi connectivity index (χ4v) is 3.00. The minimum atomic E-state index is 0.00477. The number of aliphatic hydroxyl groups is 1. The van der Waals surface area contributed by atoms with Crippen molar-refractivity contribution in [2.75, 3.05) is 13.2 Å². The first-order chi connectivity index (χ1) is 9.88. The van der Waals surface area contributed by atoms with Crippen LogP contribution in [0.15, 0.2) is 54.6 Å². The zero-order chi connectivity index (χ0) is 13.8. The Bertz CT molecular complexity index is 550. The molecule has 3 rings (SSSR count). The molecule has 1 aliphatic rings. The molecule has 20 heavy (non-hydrogen) atoms. The van der Waals surface area contributed by atoms with Gasteiger partial charge < -0.3 is 9.84 Å². The van der Waals surface area contributed by atoms with Gasteiger partial charge >= 0.3 is 0 Å². The predicted molar refractivity (Wildman–Crippen MR) is 79.6 cm³/mol. The van der Waals surface area contributed by atoms with E-state index in [0.717, 1.165) is 19.4 Å². The zero-order valence-corrected chi connectivity index (χ0v) is 11.5. The van der Waals surface area contributed by atoms with Gasteiger partial charge in [0.2, 0.25) is 0 Å². The normalized spacial score (nSPS) is 19.4. The molecule has 0 spiro atoms. The summed E-state index contributed by atoms with van der Waals surface area (Å²) in [6.07, 6.45) is 1.82. The van der Waals surface area contributed by atoms with Gasteiger partial charge in [-0.25, -0.2) is 0 Å². The Morgan fingerprint density at radius 2 is 1.80 bits per heavy atom. The minimum Gasteiger partial charge on any atom is -0.396 e. The topological polar surface area (TPSA) is 29.5 Å². The van der Waals surface area contributed by atoms with Crippen LogP contribution in [0.3, 0.4) is 0 Å². The molecule has 0 fully saturated rings. The van der Waals surface area contributed by atoms with Crippen LogP contribution in [0.4, 0.5) is 0 Å². The maximum atomic E-state index is 9.79. The second-order valence-corrected chi connectivity index (χ2v) is 5.37. The van der Waals surface area contributed by atoms with Crippen molar-refractivity contribution in [2.45, 2.75) is 18.9 Å². The lowest BCUT2D eigenvalue weighted by atomic mass is 9.86. The highest BCUT2D eigenvalue weighted by atomic mass is 16.5. The molecule has 2 nitrogen and oxygen atoms in total. The monoisotopic (exact) mass is 268 g/mol. The lowest BCUT2D eigenvalue weighted by Crippen LogP contribution is -2.27. The predicted octanol–water partition coefficient (Wildman–Crippen LogP) is 3.15. The average Bonchev–Trinajstić information content (AvgIpc) is 2.53. The van der Waals surface area contributed by atoms with Crippen molar-refractivity contribution >= 4 is 0 Å². The van der Waals surface area contributed by atoms with Crippen LogP contribution in [0, 0.1) is 5.92 Å². The van der Waals surface area contributed by atoms with Crippen molar-refractivity contribution in [2.24, 2.45) is 5.92 Å². The number of rotatable bonds is 4. The van der Waals surface area contributed by atoms with Gasteiger partial charge in [0, 0.05) is 12.5 Å². The largest absolute Gasteiger partial charge is 0.396 e. The standard InChI is InChI=1S/C18H20O2/c19-13-16(12-14-6-2-1-3-7-14)18-17-9-5-4-8-15(17)10-11-20-18/h1-9,16,18-19H,10-13H2/t16-,18+/m0/s1. The van der Waals surface area contributed by atoms with Crippen LogP contribution in [-0.4, -0.2) is 18.3 Å². The first-order valence-corrected chi connectivity index (χ1v) is 7.22. The van der Waals surface area contributed by atoms with E-state index < -0.39 is 0 Å². The highest BCUT2D eigenvalue weighted by Crippen LogP contribution is 2.34. The molecule has 1 aliphatic heterocycles. The van der Waals surface area contributed by atoms with Crippen LogP contribution in [0.1, 0.15) is 22.8 Å². The van der Waals surface area contributed by atoms with E-state index in [9.17, 15) is 5.11 Å². The van der Waals surface area contributed by atoms with Gasteiger partial charge in [0.1, 0.15) is 0 Å². The Hall–Kier alpha value is -1.64. The van der Waals surface area contributed by atoms with E-state index >= 15 is 0 Å². The van der Waals surface area contributed by atoms with Crippen molar-refractivity contribution in [3.63, 3.8) is 0 Å². The summed E-state index contributed by atoms with van der Waals surface area (Å²) in [7, 11) is 0. The number of aliphatic hydroxyl groups excluding tert-OH is 1. The van der Waals surface area contributed by atoms with E-state index in [1.54, 1.807) is 0 Å². The molecule has 0 saturated heterocycles. The van der Waals surface area contributed by atoms with Crippen LogP contribution < -0.4 is 0 Å². The zero-order valence-electron chi connectivity index (χ0n) is 11.5. The van der Waals surface area contributed by atoms with Gasteiger partial charge in [0.15, 0.2) is 0 Å². The molecule has 0 amide bonds. The fourth-order valence-electron chi connectivity index (χ4n) is 3.00. The molecule has 2 aromatic carbocycles. The van der Waals surface area contributed by atoms with Crippen molar-refractivity contribution in [3.8, 4) is 0 Å². The fraction of sp³-hybridized carbons (Fsp3) is 0.333. The number of benzene rings is 2. The van der Waals surface area contributed by atoms with Gasteiger partial charge in [-0.15, -0.1) is 0 Å². The molecule has 0 aliphatic carbocycles. The smallest absolute Gasteiger partial charge is 0.0880 e. The Morgan fingerprint density at radius 3 is 2.60 bits per heavy atom. The lowest BCUT2D eigenvalue weighted by Gasteiger charge is -2.31. The minimum absolute atomic E-state index is 0.00477. The first kappa shape index (κ1) is 13.3. The number of ether oxygens (including phenoxy) is 1. The van der Waals surface area contributed by atoms with Crippen molar-refractivity contribution in [1.29, 1.82) is 0 Å². The Balaban J connectivity index is 1.84. The van der Waals surface area contributed by atoms with Crippen molar-refractivity contribution < 1.29 is 9.84 Å². The third-order valence-corrected chi connectivity index (χ3v) is 4.03. The van der Waals surface area contributed by atoms with Gasteiger partial charge in [-0.2, -0.15) is 0 Å². The summed E-state index contributed by atoms with van der Waals surface area (Å²) in [6.45, 7) is 0.890. The van der Waals surface area contributed by atoms with E-state index in [1.807, 2.05) is 18.2 Å². The molecule has 2 aromatic rings. The Labute approximate surface area is 120 Å². The molecule has 0 aromatic heterocycles. The second-order valence-electron chi connectivity index (χ2n) is 5.37. The molecule has 1 N–H and O–H groups in total. The van der Waals surface area contributed by atoms with Gasteiger partial charge in [-0.05, 0) is 29.5 Å². The second kappa shape index (κ2) is 6.21. The van der Waals surface area contributed by atoms with Crippen LogP contribution in [0.2, 0.25) is 0 Å². The molecule has 0 bridgehead atoms. The molecule has 0 unspecified atom stereocenters. The van der Waals surface area contributed by atoms with Crippen molar-refractivity contribution in [3.05, 3.63) is 71.3 Å². The lowest BCUT2D eigenvalue weighted by molar-refractivity contribution is -0.0165. The van der Waals surface area contributed by atoms with Crippen LogP contribution in [0.25, 0.3) is 0 Å². The van der Waals surface area contributed by atoms with E-state index in [4.69, 9.17) is 4.74 Å². The summed E-state index contributed by atoms with van der Waals surface area (Å²) < 4.78 is 5.97. The third kappa shape index (κ3) is 2.77. The summed E-state index contributed by atoms with van der Waals surface area (Å²) in [5.41, 5.74) is 3.85. The number of hydrogen-bond donors (Lipinski definition) is 1. The van der Waals surface area contributed by atoms with E-state index in [-0.39, 0.29) is 18.6 Å². The van der Waals surface area contributed by atoms with Crippen molar-refractivity contribution in [1.82, 2.24) is 0 Å². The summed E-state index contributed by atoms with van der Waals surface area (Å²) in [5, 5.41) is 9.79. The van der Waals surface area contributed by atoms with Crippen LogP contribution >= 0.6 is 0 Å². The number of fused-ring (bicyclic) bond motifs is 1. The molecular weight excluding hydrogens is 248 g/mol. The molecular formula is C18H20O2. The Kier molecular flexibility index (Phi) is 4.14. The molecule has 2 heteroatoms. The maximum Gasteiger partial charge on any atom is 0.0880 e. The van der Waals surface area contributed by atoms with Crippen LogP contribution in [0.5, 0.6) is 0 Å². The summed E-state index contributed by atoms with van der Waals surface area (Å²) in [5.74, 6) is 0.110. The van der Waals surface area contributed by atoms with E-state index in [0.29, 0.717) is 0 Å². The van der Waals surface area contributed by atoms with Gasteiger partial charge in [-0.1, -0.05) is 54.6 Å². The van der Waals surface area contributed by atoms with E-state index in [1.165, 1.54) is 16.7 Å². The molecule has 2 atom stereocenters. The van der Waals surface area contributed by atoms with E-state index in [2.05, 4.69) is 36.4 Å². The quantitative estimate of drug-likeness (QED) is 0.923. The highest BCUT2D eigenvalue weighted by Gasteiger charge is 2.28. The molecule has 0 saturated carbocycles. The first-order valence-electron chi connectivity index (χ1n) is 7.22. The van der Waals surface area contributed by atoms with Crippen LogP contribution in [-0.2, 0) is 17.6 Å². The summed E-state index contributed by atoms with van der Waals surface area (Å²) >= 11 is 0. The average molecular weight is 268 g/mol. The molecule has 0 radical (unpaired) electrons. The Morgan fingerprint density at radius 1 is 1.05 bits per heavy atom. The summed E-state index contributed by atoms with van der Waals surface area (Å²) in [4.78, 5) is 0. The van der Waals surface area contributed by atoms with Gasteiger partial charge in [-0.3, -0.25) is 0 Å². The molecule has 104 valence electrons. The third-order valence-electron chi connectivity index (χ3n) is 4.03. The SMILES string of the molecule is OC[C@H](Cc1ccccc1)[C@H]1OCCc2ccccc21. The van der Waals surface area contributed by atoms with Gasteiger partial charge in [0.25, 0.3) is 0 Å². The molecule has 1 heterocycles. The number of hydrogen-bond acceptors (Lipinski definition) is 2.